The van der Waals surface area contributed by atoms with Gasteiger partial charge in [0.2, 0.25) is 0 Å². The molecule has 0 amide bonds. The zero-order valence-electron chi connectivity index (χ0n) is 6.19. The summed E-state index contributed by atoms with van der Waals surface area (Å²) in [7, 11) is 1.40. The summed E-state index contributed by atoms with van der Waals surface area (Å²) in [4.78, 5) is 3.85. The quantitative estimate of drug-likeness (QED) is 0.601. The summed E-state index contributed by atoms with van der Waals surface area (Å²) in [5.41, 5.74) is 5.80. The molecule has 0 fully saturated rings. The largest absolute Gasteiger partial charge is 0.384 e. The number of ether oxygens (including phenoxy) is 1. The van der Waals surface area contributed by atoms with Crippen molar-refractivity contribution in [2.24, 2.45) is 0 Å². The van der Waals surface area contributed by atoms with Crippen LogP contribution in [0.1, 0.15) is 12.0 Å². The van der Waals surface area contributed by atoms with E-state index < -0.39 is 6.29 Å². The molecule has 1 atom stereocenters. The number of hydrogen-bond donors (Lipinski definition) is 2. The fraction of sp³-hybridized carbons (Fsp3) is 0.286. The van der Waals surface area contributed by atoms with Crippen molar-refractivity contribution in [3.8, 4) is 0 Å². The lowest BCUT2D eigenvalue weighted by atomic mass is 10.3. The number of aliphatic hydroxyl groups excluding tert-OH is 1. The van der Waals surface area contributed by atoms with Crippen LogP contribution in [0.3, 0.4) is 0 Å². The monoisotopic (exact) mass is 154 g/mol. The van der Waals surface area contributed by atoms with Gasteiger partial charge in [-0.15, -0.1) is 0 Å². The molecule has 11 heavy (non-hydrogen) atoms. The summed E-state index contributed by atoms with van der Waals surface area (Å²) in [5.74, 6) is 0.374. The molecule has 0 aromatic carbocycles. The minimum Gasteiger partial charge on any atom is -0.384 e. The number of hydrogen-bond acceptors (Lipinski definition) is 4. The van der Waals surface area contributed by atoms with Crippen LogP contribution in [0.15, 0.2) is 18.2 Å². The number of aliphatic hydroxyl groups is 1. The Labute approximate surface area is 64.6 Å². The normalized spacial score (nSPS) is 12.9. The summed E-state index contributed by atoms with van der Waals surface area (Å²) < 4.78 is 4.63. The molecule has 1 rings (SSSR count). The van der Waals surface area contributed by atoms with E-state index in [0.29, 0.717) is 11.5 Å². The summed E-state index contributed by atoms with van der Waals surface area (Å²) in [6, 6.07) is 5.00. The zero-order chi connectivity index (χ0) is 8.27. The van der Waals surface area contributed by atoms with Crippen molar-refractivity contribution in [1.82, 2.24) is 4.98 Å². The zero-order valence-corrected chi connectivity index (χ0v) is 6.19. The second kappa shape index (κ2) is 3.32. The van der Waals surface area contributed by atoms with Crippen molar-refractivity contribution in [1.29, 1.82) is 0 Å². The summed E-state index contributed by atoms with van der Waals surface area (Å²) in [6.45, 7) is 0. The van der Waals surface area contributed by atoms with Crippen LogP contribution in [0.25, 0.3) is 0 Å². The molecule has 1 aromatic rings. The highest BCUT2D eigenvalue weighted by molar-refractivity contribution is 5.28. The van der Waals surface area contributed by atoms with Gasteiger partial charge in [-0.3, -0.25) is 0 Å². The smallest absolute Gasteiger partial charge is 0.198 e. The molecule has 0 radical (unpaired) electrons. The van der Waals surface area contributed by atoms with Gasteiger partial charge in [0.05, 0.1) is 5.69 Å². The molecule has 3 N–H and O–H groups in total. The highest BCUT2D eigenvalue weighted by atomic mass is 16.6. The number of methoxy groups -OCH3 is 1. The maximum atomic E-state index is 9.11. The Morgan fingerprint density at radius 1 is 1.64 bits per heavy atom. The minimum absolute atomic E-state index is 0.374. The number of aromatic nitrogens is 1. The van der Waals surface area contributed by atoms with E-state index >= 15 is 0 Å². The third kappa shape index (κ3) is 1.89. The molecule has 0 aliphatic carbocycles. The maximum absolute atomic E-state index is 9.11. The Morgan fingerprint density at radius 2 is 2.36 bits per heavy atom. The molecule has 60 valence electrons. The SMILES string of the molecule is COC(O)c1cccc(N)n1. The number of nitrogen functional groups attached to an aromatic ring is 1. The van der Waals surface area contributed by atoms with E-state index in [1.807, 2.05) is 0 Å². The fourth-order valence-electron chi connectivity index (χ4n) is 0.727. The topological polar surface area (TPSA) is 68.4 Å². The molecular weight excluding hydrogens is 144 g/mol. The first kappa shape index (κ1) is 7.97. The standard InChI is InChI=1S/C7H10N2O2/c1-11-7(10)5-3-2-4-6(8)9-5/h2-4,7,10H,1H3,(H2,8,9). The van der Waals surface area contributed by atoms with E-state index in [0.717, 1.165) is 0 Å². The third-order valence-electron chi connectivity index (χ3n) is 1.27. The van der Waals surface area contributed by atoms with Gasteiger partial charge >= 0.3 is 0 Å². The average molecular weight is 154 g/mol. The highest BCUT2D eigenvalue weighted by Crippen LogP contribution is 2.10. The van der Waals surface area contributed by atoms with Crippen LogP contribution in [0.5, 0.6) is 0 Å². The number of rotatable bonds is 2. The van der Waals surface area contributed by atoms with Gasteiger partial charge in [-0.25, -0.2) is 4.98 Å². The van der Waals surface area contributed by atoms with E-state index in [9.17, 15) is 0 Å². The van der Waals surface area contributed by atoms with Gasteiger partial charge in [0.15, 0.2) is 6.29 Å². The van der Waals surface area contributed by atoms with E-state index in [1.165, 1.54) is 7.11 Å². The van der Waals surface area contributed by atoms with Crippen LogP contribution in [0.4, 0.5) is 5.82 Å². The predicted octanol–water partition coefficient (Wildman–Crippen LogP) is 0.301. The van der Waals surface area contributed by atoms with Crippen LogP contribution in [-0.2, 0) is 4.74 Å². The molecule has 0 aliphatic heterocycles. The lowest BCUT2D eigenvalue weighted by molar-refractivity contribution is -0.0797. The van der Waals surface area contributed by atoms with Gasteiger partial charge in [0, 0.05) is 7.11 Å². The van der Waals surface area contributed by atoms with E-state index in [4.69, 9.17) is 10.8 Å². The Kier molecular flexibility index (Phi) is 2.40. The second-order valence-corrected chi connectivity index (χ2v) is 2.08. The van der Waals surface area contributed by atoms with Crippen LogP contribution in [0.2, 0.25) is 0 Å². The lowest BCUT2D eigenvalue weighted by Gasteiger charge is -2.06. The van der Waals surface area contributed by atoms with E-state index in [1.54, 1.807) is 18.2 Å². The summed E-state index contributed by atoms with van der Waals surface area (Å²) >= 11 is 0. The van der Waals surface area contributed by atoms with Gasteiger partial charge < -0.3 is 15.6 Å². The van der Waals surface area contributed by atoms with Crippen LogP contribution < -0.4 is 5.73 Å². The molecule has 0 spiro atoms. The number of nitrogens with two attached hydrogens (primary N) is 1. The molecule has 1 heterocycles. The van der Waals surface area contributed by atoms with Crippen molar-refractivity contribution >= 4 is 5.82 Å². The van der Waals surface area contributed by atoms with E-state index in [2.05, 4.69) is 9.72 Å². The first-order chi connectivity index (χ1) is 5.24. The molecule has 1 aromatic heterocycles. The first-order valence-electron chi connectivity index (χ1n) is 3.17. The Bertz CT molecular complexity index is 240. The summed E-state index contributed by atoms with van der Waals surface area (Å²) in [5, 5.41) is 9.11. The fourth-order valence-corrected chi connectivity index (χ4v) is 0.727. The van der Waals surface area contributed by atoms with Gasteiger partial charge in [0.1, 0.15) is 5.82 Å². The molecular formula is C7H10N2O2. The van der Waals surface area contributed by atoms with Gasteiger partial charge in [0.25, 0.3) is 0 Å². The molecule has 4 nitrogen and oxygen atoms in total. The predicted molar refractivity (Wildman–Crippen MR) is 40.6 cm³/mol. The Balaban J connectivity index is 2.86. The van der Waals surface area contributed by atoms with Crippen molar-refractivity contribution in [3.05, 3.63) is 23.9 Å². The van der Waals surface area contributed by atoms with Crippen molar-refractivity contribution in [2.75, 3.05) is 12.8 Å². The molecule has 1 unspecified atom stereocenters. The molecule has 0 aliphatic rings. The molecule has 0 bridgehead atoms. The lowest BCUT2D eigenvalue weighted by Crippen LogP contribution is -2.03. The number of anilines is 1. The first-order valence-corrected chi connectivity index (χ1v) is 3.17. The van der Waals surface area contributed by atoms with Gasteiger partial charge in [-0.1, -0.05) is 6.07 Å². The number of pyridine rings is 1. The minimum atomic E-state index is -0.988. The highest BCUT2D eigenvalue weighted by Gasteiger charge is 2.05. The van der Waals surface area contributed by atoms with E-state index in [-0.39, 0.29) is 0 Å². The molecule has 0 saturated heterocycles. The van der Waals surface area contributed by atoms with Crippen molar-refractivity contribution in [3.63, 3.8) is 0 Å². The second-order valence-electron chi connectivity index (χ2n) is 2.08. The third-order valence-corrected chi connectivity index (χ3v) is 1.27. The van der Waals surface area contributed by atoms with Crippen molar-refractivity contribution in [2.45, 2.75) is 6.29 Å². The maximum Gasteiger partial charge on any atom is 0.198 e. The summed E-state index contributed by atoms with van der Waals surface area (Å²) in [6.07, 6.45) is -0.988. The molecule has 0 saturated carbocycles. The average Bonchev–Trinajstić information content (AvgIpc) is 2.03. The Hall–Kier alpha value is -1.13. The van der Waals surface area contributed by atoms with Crippen LogP contribution in [-0.4, -0.2) is 17.2 Å². The Morgan fingerprint density at radius 3 is 2.91 bits per heavy atom. The van der Waals surface area contributed by atoms with Crippen molar-refractivity contribution < 1.29 is 9.84 Å². The number of nitrogens with zero attached hydrogens (tertiary/aromatic N) is 1. The van der Waals surface area contributed by atoms with Crippen LogP contribution >= 0.6 is 0 Å². The van der Waals surface area contributed by atoms with Gasteiger partial charge in [-0.05, 0) is 12.1 Å². The van der Waals surface area contributed by atoms with Crippen LogP contribution in [0, 0.1) is 0 Å². The van der Waals surface area contributed by atoms with Gasteiger partial charge in [-0.2, -0.15) is 0 Å². The molecule has 4 heteroatoms.